The minimum absolute atomic E-state index is 0.0726. The Hall–Kier alpha value is -3.90. The number of epoxide rings is 1. The molecule has 0 bridgehead atoms. The van der Waals surface area contributed by atoms with Crippen LogP contribution in [0.25, 0.3) is 28.3 Å². The average Bonchev–Trinajstić information content (AvgIpc) is 3.73. The van der Waals surface area contributed by atoms with Crippen molar-refractivity contribution < 1.29 is 27.0 Å². The lowest BCUT2D eigenvalue weighted by molar-refractivity contribution is 0.296. The van der Waals surface area contributed by atoms with Crippen LogP contribution in [0.3, 0.4) is 0 Å². The Kier molecular flexibility index (Phi) is 6.61. The zero-order chi connectivity index (χ0) is 25.2. The molecule has 1 aliphatic heterocycles. The summed E-state index contributed by atoms with van der Waals surface area (Å²) in [7, 11) is 0. The summed E-state index contributed by atoms with van der Waals surface area (Å²) in [6, 6.07) is 19.6. The maximum atomic E-state index is 15.0. The van der Waals surface area contributed by atoms with E-state index in [1.165, 1.54) is 18.2 Å². The van der Waals surface area contributed by atoms with E-state index >= 15 is 0 Å². The monoisotopic (exact) mass is 490 g/mol. The van der Waals surface area contributed by atoms with Crippen molar-refractivity contribution >= 4 is 6.08 Å². The Labute approximate surface area is 206 Å². The fraction of sp³-hybridized carbons (Fsp3) is 0.133. The number of halogens is 4. The van der Waals surface area contributed by atoms with E-state index in [-0.39, 0.29) is 35.0 Å². The highest BCUT2D eigenvalue weighted by molar-refractivity contribution is 5.72. The van der Waals surface area contributed by atoms with Gasteiger partial charge in [-0.25, -0.2) is 17.6 Å². The third-order valence-electron chi connectivity index (χ3n) is 6.10. The second-order valence-corrected chi connectivity index (χ2v) is 8.49. The molecular formula is C30H22F4O2. The Morgan fingerprint density at radius 3 is 1.89 bits per heavy atom. The second-order valence-electron chi connectivity index (χ2n) is 8.49. The van der Waals surface area contributed by atoms with E-state index in [1.54, 1.807) is 42.5 Å². The standard InChI is InChI=1S/C30H22F4O2/c1-2-3-18-4-6-19(7-5-18)23-14-15-24(29(33)28(23)32)20-8-11-22(12-9-20)35-16-21-10-13-25(26-17-36-26)30(34)27(21)31/h2-15,26H,16-17H2,1H3/b3-2+. The minimum Gasteiger partial charge on any atom is -0.489 e. The smallest absolute Gasteiger partial charge is 0.167 e. The molecule has 0 N–H and O–H groups in total. The van der Waals surface area contributed by atoms with E-state index in [0.29, 0.717) is 23.5 Å². The van der Waals surface area contributed by atoms with E-state index < -0.39 is 23.3 Å². The lowest BCUT2D eigenvalue weighted by atomic mass is 9.98. The molecule has 1 saturated heterocycles. The zero-order valence-corrected chi connectivity index (χ0v) is 19.4. The van der Waals surface area contributed by atoms with E-state index in [4.69, 9.17) is 9.47 Å². The molecule has 1 unspecified atom stereocenters. The third kappa shape index (κ3) is 4.77. The van der Waals surface area contributed by atoms with E-state index in [2.05, 4.69) is 0 Å². The van der Waals surface area contributed by atoms with Crippen LogP contribution in [-0.2, 0) is 11.3 Å². The van der Waals surface area contributed by atoms with Crippen LogP contribution in [0.2, 0.25) is 0 Å². The lowest BCUT2D eigenvalue weighted by Gasteiger charge is -2.11. The molecule has 0 saturated carbocycles. The van der Waals surface area contributed by atoms with Gasteiger partial charge in [0.2, 0.25) is 0 Å². The summed E-state index contributed by atoms with van der Waals surface area (Å²) in [5, 5.41) is 0. The zero-order valence-electron chi connectivity index (χ0n) is 19.4. The molecule has 36 heavy (non-hydrogen) atoms. The second kappa shape index (κ2) is 9.99. The lowest BCUT2D eigenvalue weighted by Crippen LogP contribution is -2.03. The summed E-state index contributed by atoms with van der Waals surface area (Å²) in [5.41, 5.74) is 2.57. The summed E-state index contributed by atoms with van der Waals surface area (Å²) in [6.07, 6.45) is 3.44. The fourth-order valence-electron chi connectivity index (χ4n) is 4.05. The normalized spacial score (nSPS) is 14.9. The van der Waals surface area contributed by atoms with Crippen molar-refractivity contribution in [3.8, 4) is 28.0 Å². The third-order valence-corrected chi connectivity index (χ3v) is 6.10. The molecule has 0 amide bonds. The summed E-state index contributed by atoms with van der Waals surface area (Å²) < 4.78 is 69.0. The van der Waals surface area contributed by atoms with Gasteiger partial charge in [0.15, 0.2) is 23.3 Å². The van der Waals surface area contributed by atoms with Crippen LogP contribution in [-0.4, -0.2) is 6.61 Å². The molecule has 182 valence electrons. The first-order valence-corrected chi connectivity index (χ1v) is 11.5. The van der Waals surface area contributed by atoms with Gasteiger partial charge < -0.3 is 9.47 Å². The van der Waals surface area contributed by atoms with Crippen LogP contribution < -0.4 is 4.74 Å². The largest absolute Gasteiger partial charge is 0.489 e. The van der Waals surface area contributed by atoms with Gasteiger partial charge in [-0.05, 0) is 35.7 Å². The molecule has 4 aromatic carbocycles. The van der Waals surface area contributed by atoms with E-state index in [0.717, 1.165) is 5.56 Å². The fourth-order valence-corrected chi connectivity index (χ4v) is 4.05. The van der Waals surface area contributed by atoms with Crippen molar-refractivity contribution in [1.29, 1.82) is 0 Å². The first kappa shape index (κ1) is 23.8. The number of benzene rings is 4. The Balaban J connectivity index is 1.31. The molecule has 6 heteroatoms. The number of hydrogen-bond acceptors (Lipinski definition) is 2. The predicted octanol–water partition coefficient (Wildman–Crippen LogP) is 8.26. The molecule has 1 aliphatic rings. The molecule has 0 spiro atoms. The topological polar surface area (TPSA) is 21.8 Å². The SMILES string of the molecule is C/C=C/c1ccc(-c2ccc(-c3ccc(OCc4ccc(C5CO5)c(F)c4F)cc3)c(F)c2F)cc1. The van der Waals surface area contributed by atoms with Crippen LogP contribution in [0.4, 0.5) is 17.6 Å². The van der Waals surface area contributed by atoms with Gasteiger partial charge in [-0.15, -0.1) is 0 Å². The highest BCUT2D eigenvalue weighted by Crippen LogP contribution is 2.34. The van der Waals surface area contributed by atoms with Crippen molar-refractivity contribution in [3.63, 3.8) is 0 Å². The average molecular weight is 490 g/mol. The molecule has 0 aliphatic carbocycles. The van der Waals surface area contributed by atoms with Crippen molar-refractivity contribution in [3.05, 3.63) is 119 Å². The molecular weight excluding hydrogens is 468 g/mol. The van der Waals surface area contributed by atoms with E-state index in [1.807, 2.05) is 31.2 Å². The van der Waals surface area contributed by atoms with Crippen LogP contribution in [0, 0.1) is 23.3 Å². The van der Waals surface area contributed by atoms with Crippen LogP contribution in [0.1, 0.15) is 29.7 Å². The van der Waals surface area contributed by atoms with Crippen molar-refractivity contribution in [2.24, 2.45) is 0 Å². The Morgan fingerprint density at radius 1 is 0.750 bits per heavy atom. The van der Waals surface area contributed by atoms with Gasteiger partial charge >= 0.3 is 0 Å². The van der Waals surface area contributed by atoms with Gasteiger partial charge in [-0.3, -0.25) is 0 Å². The molecule has 4 aromatic rings. The van der Waals surface area contributed by atoms with Crippen LogP contribution in [0.5, 0.6) is 5.75 Å². The van der Waals surface area contributed by atoms with Crippen molar-refractivity contribution in [2.75, 3.05) is 6.61 Å². The summed E-state index contributed by atoms with van der Waals surface area (Å²) in [4.78, 5) is 0. The van der Waals surface area contributed by atoms with Gasteiger partial charge in [0.1, 0.15) is 18.5 Å². The number of allylic oxidation sites excluding steroid dienone is 1. The highest BCUT2D eigenvalue weighted by atomic mass is 19.2. The summed E-state index contributed by atoms with van der Waals surface area (Å²) in [5.74, 6) is -3.38. The maximum Gasteiger partial charge on any atom is 0.167 e. The molecule has 2 nitrogen and oxygen atoms in total. The number of ether oxygens (including phenoxy) is 2. The van der Waals surface area contributed by atoms with Gasteiger partial charge in [-0.1, -0.05) is 72.8 Å². The summed E-state index contributed by atoms with van der Waals surface area (Å²) >= 11 is 0. The van der Waals surface area contributed by atoms with E-state index in [9.17, 15) is 17.6 Å². The molecule has 0 aromatic heterocycles. The van der Waals surface area contributed by atoms with Gasteiger partial charge in [-0.2, -0.15) is 0 Å². The maximum absolute atomic E-state index is 15.0. The first-order chi connectivity index (χ1) is 17.5. The Morgan fingerprint density at radius 2 is 1.33 bits per heavy atom. The van der Waals surface area contributed by atoms with Crippen LogP contribution >= 0.6 is 0 Å². The molecule has 5 rings (SSSR count). The highest BCUT2D eigenvalue weighted by Gasteiger charge is 2.30. The number of hydrogen-bond donors (Lipinski definition) is 0. The van der Waals surface area contributed by atoms with Gasteiger partial charge in [0.25, 0.3) is 0 Å². The minimum atomic E-state index is -0.964. The quantitative estimate of drug-likeness (QED) is 0.192. The molecule has 1 heterocycles. The van der Waals surface area contributed by atoms with Crippen molar-refractivity contribution in [2.45, 2.75) is 19.6 Å². The predicted molar refractivity (Wildman–Crippen MR) is 131 cm³/mol. The van der Waals surface area contributed by atoms with Gasteiger partial charge in [0.05, 0.1) is 6.61 Å². The summed E-state index contributed by atoms with van der Waals surface area (Å²) in [6.45, 7) is 2.11. The van der Waals surface area contributed by atoms with Crippen LogP contribution in [0.15, 0.2) is 78.9 Å². The molecule has 0 radical (unpaired) electrons. The number of rotatable bonds is 7. The van der Waals surface area contributed by atoms with Crippen molar-refractivity contribution in [1.82, 2.24) is 0 Å². The Bertz CT molecular complexity index is 1420. The molecule has 1 fully saturated rings. The molecule has 1 atom stereocenters. The first-order valence-electron chi connectivity index (χ1n) is 11.5. The van der Waals surface area contributed by atoms with Gasteiger partial charge in [0, 0.05) is 22.3 Å².